The largest absolute Gasteiger partial charge is 0.365 e. The van der Waals surface area contributed by atoms with E-state index in [2.05, 4.69) is 20.6 Å². The molecule has 134 valence electrons. The van der Waals surface area contributed by atoms with Gasteiger partial charge in [-0.25, -0.2) is 9.37 Å². The van der Waals surface area contributed by atoms with E-state index < -0.39 is 12.1 Å². The molecule has 1 amide bonds. The molecule has 7 nitrogen and oxygen atoms in total. The summed E-state index contributed by atoms with van der Waals surface area (Å²) in [5.41, 5.74) is 13.2. The first-order valence-electron chi connectivity index (χ1n) is 7.99. The number of hydrogen-bond donors (Lipinski definition) is 4. The fourth-order valence-corrected chi connectivity index (χ4v) is 2.33. The molecular weight excluding hydrogens is 323 g/mol. The second-order valence-electron chi connectivity index (χ2n) is 5.97. The van der Waals surface area contributed by atoms with E-state index in [-0.39, 0.29) is 24.0 Å². The molecule has 0 aliphatic carbocycles. The zero-order chi connectivity index (χ0) is 18.4. The molecule has 0 spiro atoms. The molecule has 2 aromatic rings. The lowest BCUT2D eigenvalue weighted by Gasteiger charge is -2.15. The van der Waals surface area contributed by atoms with Gasteiger partial charge in [-0.15, -0.1) is 0 Å². The van der Waals surface area contributed by atoms with Crippen molar-refractivity contribution >= 4 is 23.4 Å². The Labute approximate surface area is 146 Å². The van der Waals surface area contributed by atoms with Crippen molar-refractivity contribution in [1.29, 1.82) is 0 Å². The molecule has 0 aliphatic rings. The maximum absolute atomic E-state index is 13.0. The number of carbonyl (C=O) groups excluding carboxylic acids is 1. The molecule has 2 atom stereocenters. The van der Waals surface area contributed by atoms with Gasteiger partial charge in [-0.05, 0) is 38.0 Å². The fraction of sp³-hybridized carbons (Fsp3) is 0.353. The second kappa shape index (κ2) is 8.39. The maximum atomic E-state index is 13.0. The Balaban J connectivity index is 2.17. The van der Waals surface area contributed by atoms with E-state index in [4.69, 9.17) is 11.5 Å². The SMILES string of the molecule is Cc1cccc(Nc2nc(NCC(N)CC(C)F)ncc2C(N)=O)c1. The van der Waals surface area contributed by atoms with Gasteiger partial charge >= 0.3 is 0 Å². The van der Waals surface area contributed by atoms with Crippen molar-refractivity contribution in [2.45, 2.75) is 32.5 Å². The van der Waals surface area contributed by atoms with E-state index in [1.807, 2.05) is 31.2 Å². The van der Waals surface area contributed by atoms with Crippen LogP contribution in [0.5, 0.6) is 0 Å². The number of aryl methyl sites for hydroxylation is 1. The number of alkyl halides is 1. The van der Waals surface area contributed by atoms with Crippen molar-refractivity contribution in [3.05, 3.63) is 41.6 Å². The number of rotatable bonds is 8. The number of halogens is 1. The van der Waals surface area contributed by atoms with Gasteiger partial charge < -0.3 is 22.1 Å². The average molecular weight is 346 g/mol. The van der Waals surface area contributed by atoms with Gasteiger partial charge in [0.15, 0.2) is 0 Å². The van der Waals surface area contributed by atoms with E-state index in [1.54, 1.807) is 0 Å². The van der Waals surface area contributed by atoms with E-state index in [1.165, 1.54) is 13.1 Å². The summed E-state index contributed by atoms with van der Waals surface area (Å²) >= 11 is 0. The minimum absolute atomic E-state index is 0.175. The summed E-state index contributed by atoms with van der Waals surface area (Å²) < 4.78 is 13.0. The van der Waals surface area contributed by atoms with Gasteiger partial charge in [0.2, 0.25) is 5.95 Å². The molecule has 1 aromatic heterocycles. The number of nitrogens with two attached hydrogens (primary N) is 2. The lowest BCUT2D eigenvalue weighted by Crippen LogP contribution is -2.31. The Hall–Kier alpha value is -2.74. The van der Waals surface area contributed by atoms with Crippen LogP contribution in [0.2, 0.25) is 0 Å². The third-order valence-electron chi connectivity index (χ3n) is 3.48. The molecule has 8 heteroatoms. The van der Waals surface area contributed by atoms with E-state index in [9.17, 15) is 9.18 Å². The van der Waals surface area contributed by atoms with Crippen molar-refractivity contribution in [2.24, 2.45) is 11.5 Å². The van der Waals surface area contributed by atoms with Crippen molar-refractivity contribution in [3.63, 3.8) is 0 Å². The second-order valence-corrected chi connectivity index (χ2v) is 5.97. The number of benzene rings is 1. The molecule has 0 fully saturated rings. The van der Waals surface area contributed by atoms with E-state index >= 15 is 0 Å². The highest BCUT2D eigenvalue weighted by molar-refractivity contribution is 5.98. The van der Waals surface area contributed by atoms with Gasteiger partial charge in [-0.2, -0.15) is 4.98 Å². The van der Waals surface area contributed by atoms with Gasteiger partial charge in [0, 0.05) is 24.5 Å². The number of primary amides is 1. The minimum atomic E-state index is -0.978. The number of nitrogens with one attached hydrogen (secondary N) is 2. The van der Waals surface area contributed by atoms with Crippen LogP contribution in [0, 0.1) is 6.92 Å². The van der Waals surface area contributed by atoms with Gasteiger partial charge in [-0.3, -0.25) is 4.79 Å². The Morgan fingerprint density at radius 2 is 2.16 bits per heavy atom. The lowest BCUT2D eigenvalue weighted by atomic mass is 10.1. The van der Waals surface area contributed by atoms with Crippen molar-refractivity contribution in [2.75, 3.05) is 17.2 Å². The molecule has 1 heterocycles. The number of anilines is 3. The zero-order valence-electron chi connectivity index (χ0n) is 14.3. The number of amides is 1. The average Bonchev–Trinajstić information content (AvgIpc) is 2.52. The van der Waals surface area contributed by atoms with Gasteiger partial charge in [0.1, 0.15) is 11.4 Å². The topological polar surface area (TPSA) is 119 Å². The van der Waals surface area contributed by atoms with Crippen LogP contribution in [0.25, 0.3) is 0 Å². The fourth-order valence-electron chi connectivity index (χ4n) is 2.33. The van der Waals surface area contributed by atoms with E-state index in [0.717, 1.165) is 11.3 Å². The Morgan fingerprint density at radius 1 is 1.40 bits per heavy atom. The zero-order valence-corrected chi connectivity index (χ0v) is 14.3. The van der Waals surface area contributed by atoms with Gasteiger partial charge in [0.25, 0.3) is 5.91 Å². The maximum Gasteiger partial charge on any atom is 0.254 e. The first-order valence-corrected chi connectivity index (χ1v) is 7.99. The first kappa shape index (κ1) is 18.6. The summed E-state index contributed by atoms with van der Waals surface area (Å²) in [5, 5.41) is 6.02. The van der Waals surface area contributed by atoms with Gasteiger partial charge in [-0.1, -0.05) is 12.1 Å². The number of aromatic nitrogens is 2. The highest BCUT2D eigenvalue weighted by Crippen LogP contribution is 2.20. The minimum Gasteiger partial charge on any atom is -0.365 e. The summed E-state index contributed by atoms with van der Waals surface area (Å²) in [6.45, 7) is 3.73. The van der Waals surface area contributed by atoms with Crippen LogP contribution in [-0.2, 0) is 0 Å². The molecule has 2 rings (SSSR count). The standard InChI is InChI=1S/C17H23FN6O/c1-10-4-3-5-13(6-10)23-16-14(15(20)25)9-22-17(24-16)21-8-12(19)7-11(2)18/h3-6,9,11-12H,7-8,19H2,1-2H3,(H2,20,25)(H2,21,22,23,24). The smallest absolute Gasteiger partial charge is 0.254 e. The third-order valence-corrected chi connectivity index (χ3v) is 3.48. The van der Waals surface area contributed by atoms with Crippen LogP contribution in [0.4, 0.5) is 21.8 Å². The third kappa shape index (κ3) is 5.68. The van der Waals surface area contributed by atoms with Crippen molar-refractivity contribution in [3.8, 4) is 0 Å². The Morgan fingerprint density at radius 3 is 2.80 bits per heavy atom. The highest BCUT2D eigenvalue weighted by atomic mass is 19.1. The van der Waals surface area contributed by atoms with Crippen LogP contribution in [-0.4, -0.2) is 34.6 Å². The highest BCUT2D eigenvalue weighted by Gasteiger charge is 2.14. The normalized spacial score (nSPS) is 13.1. The molecular formula is C17H23FN6O. The summed E-state index contributed by atoms with van der Waals surface area (Å²) in [4.78, 5) is 19.9. The molecule has 25 heavy (non-hydrogen) atoms. The summed E-state index contributed by atoms with van der Waals surface area (Å²) in [7, 11) is 0. The molecule has 0 bridgehead atoms. The number of hydrogen-bond acceptors (Lipinski definition) is 6. The molecule has 0 saturated heterocycles. The number of carbonyl (C=O) groups is 1. The van der Waals surface area contributed by atoms with E-state index in [0.29, 0.717) is 12.4 Å². The van der Waals surface area contributed by atoms with Crippen LogP contribution >= 0.6 is 0 Å². The molecule has 0 radical (unpaired) electrons. The molecule has 2 unspecified atom stereocenters. The predicted molar refractivity (Wildman–Crippen MR) is 96.7 cm³/mol. The summed E-state index contributed by atoms with van der Waals surface area (Å²) in [5.74, 6) is -0.0604. The van der Waals surface area contributed by atoms with Crippen LogP contribution < -0.4 is 22.1 Å². The molecule has 6 N–H and O–H groups in total. The monoisotopic (exact) mass is 346 g/mol. The molecule has 0 saturated carbocycles. The lowest BCUT2D eigenvalue weighted by molar-refractivity contribution is 0.100. The molecule has 0 aliphatic heterocycles. The van der Waals surface area contributed by atoms with Crippen LogP contribution in [0.15, 0.2) is 30.5 Å². The summed E-state index contributed by atoms with van der Waals surface area (Å²) in [6.07, 6.45) is 0.605. The Bertz CT molecular complexity index is 737. The first-order chi connectivity index (χ1) is 11.8. The predicted octanol–water partition coefficient (Wildman–Crippen LogP) is 2.11. The Kier molecular flexibility index (Phi) is 6.24. The van der Waals surface area contributed by atoms with Crippen LogP contribution in [0.1, 0.15) is 29.3 Å². The molecule has 1 aromatic carbocycles. The van der Waals surface area contributed by atoms with Crippen LogP contribution in [0.3, 0.4) is 0 Å². The number of nitrogens with zero attached hydrogens (tertiary/aromatic N) is 2. The van der Waals surface area contributed by atoms with Gasteiger partial charge in [0.05, 0.1) is 6.17 Å². The quantitative estimate of drug-likeness (QED) is 0.581. The van der Waals surface area contributed by atoms with Crippen molar-refractivity contribution in [1.82, 2.24) is 9.97 Å². The summed E-state index contributed by atoms with van der Waals surface area (Å²) in [6, 6.07) is 7.25. The van der Waals surface area contributed by atoms with Crippen molar-refractivity contribution < 1.29 is 9.18 Å².